The molecule has 1 rings (SSSR count). The summed E-state index contributed by atoms with van der Waals surface area (Å²) in [5.74, 6) is 0. The maximum Gasteiger partial charge on any atom is 0.317 e. The highest BCUT2D eigenvalue weighted by atomic mass is 16.3. The van der Waals surface area contributed by atoms with Gasteiger partial charge in [0.25, 0.3) is 0 Å². The minimum atomic E-state index is -0.893. The van der Waals surface area contributed by atoms with Crippen molar-refractivity contribution in [2.75, 3.05) is 13.6 Å². The Morgan fingerprint density at radius 2 is 2.22 bits per heavy atom. The third-order valence-electron chi connectivity index (χ3n) is 2.74. The van der Waals surface area contributed by atoms with Crippen LogP contribution >= 0.6 is 0 Å². The molecule has 2 N–H and O–H groups in total. The molecule has 1 aromatic rings. The zero-order chi connectivity index (χ0) is 13.9. The van der Waals surface area contributed by atoms with Crippen LogP contribution in [0.25, 0.3) is 0 Å². The van der Waals surface area contributed by atoms with Crippen LogP contribution in [0.4, 0.5) is 4.79 Å². The quantitative estimate of drug-likeness (QED) is 0.828. The normalized spacial score (nSPS) is 11.4. The summed E-state index contributed by atoms with van der Waals surface area (Å²) in [5, 5.41) is 16.5. The maximum atomic E-state index is 11.8. The molecular formula is C12H22N4O2. The van der Waals surface area contributed by atoms with Gasteiger partial charge in [-0.3, -0.25) is 4.68 Å². The molecule has 1 aromatic heterocycles. The highest BCUT2D eigenvalue weighted by molar-refractivity contribution is 5.73. The van der Waals surface area contributed by atoms with E-state index >= 15 is 0 Å². The molecule has 102 valence electrons. The molecule has 18 heavy (non-hydrogen) atoms. The Kier molecular flexibility index (Phi) is 4.34. The van der Waals surface area contributed by atoms with Crippen LogP contribution in [0.3, 0.4) is 0 Å². The van der Waals surface area contributed by atoms with Crippen LogP contribution < -0.4 is 5.32 Å². The van der Waals surface area contributed by atoms with Crippen molar-refractivity contribution < 1.29 is 9.90 Å². The molecule has 0 aliphatic rings. The average molecular weight is 254 g/mol. The average Bonchev–Trinajstić information content (AvgIpc) is 2.54. The fraction of sp³-hybridized carbons (Fsp3) is 0.667. The number of nitrogens with one attached hydrogen (secondary N) is 1. The molecule has 0 unspecified atom stereocenters. The van der Waals surface area contributed by atoms with Gasteiger partial charge in [-0.2, -0.15) is 5.10 Å². The second kappa shape index (κ2) is 5.39. The van der Waals surface area contributed by atoms with Gasteiger partial charge >= 0.3 is 6.03 Å². The van der Waals surface area contributed by atoms with E-state index in [0.29, 0.717) is 6.54 Å². The predicted octanol–water partition coefficient (Wildman–Crippen LogP) is 0.641. The molecule has 0 spiro atoms. The van der Waals surface area contributed by atoms with Crippen LogP contribution in [-0.2, 0) is 13.6 Å². The summed E-state index contributed by atoms with van der Waals surface area (Å²) < 4.78 is 1.77. The van der Waals surface area contributed by atoms with E-state index in [9.17, 15) is 9.90 Å². The van der Waals surface area contributed by atoms with E-state index in [1.54, 1.807) is 31.8 Å². The van der Waals surface area contributed by atoms with E-state index in [1.165, 1.54) is 4.90 Å². The first kappa shape index (κ1) is 14.5. The number of aromatic nitrogens is 2. The monoisotopic (exact) mass is 254 g/mol. The fourth-order valence-corrected chi connectivity index (χ4v) is 1.68. The van der Waals surface area contributed by atoms with Gasteiger partial charge in [0.15, 0.2) is 0 Å². The second-order valence-electron chi connectivity index (χ2n) is 5.21. The van der Waals surface area contributed by atoms with Crippen LogP contribution in [0.2, 0.25) is 0 Å². The molecule has 0 saturated heterocycles. The summed E-state index contributed by atoms with van der Waals surface area (Å²) in [6, 6.07) is -0.208. The lowest BCUT2D eigenvalue weighted by atomic mass is 10.1. The summed E-state index contributed by atoms with van der Waals surface area (Å²) >= 11 is 0. The van der Waals surface area contributed by atoms with Crippen molar-refractivity contribution in [3.8, 4) is 0 Å². The zero-order valence-electron chi connectivity index (χ0n) is 11.7. The van der Waals surface area contributed by atoms with Gasteiger partial charge in [0.2, 0.25) is 0 Å². The number of rotatable bonds is 4. The van der Waals surface area contributed by atoms with E-state index in [1.807, 2.05) is 14.0 Å². The number of aliphatic hydroxyl groups is 1. The number of urea groups is 1. The van der Waals surface area contributed by atoms with Crippen molar-refractivity contribution in [2.24, 2.45) is 7.05 Å². The van der Waals surface area contributed by atoms with Crippen molar-refractivity contribution in [3.63, 3.8) is 0 Å². The first-order valence-corrected chi connectivity index (χ1v) is 5.89. The van der Waals surface area contributed by atoms with Gasteiger partial charge in [-0.25, -0.2) is 4.79 Å². The highest BCUT2D eigenvalue weighted by Crippen LogP contribution is 2.06. The van der Waals surface area contributed by atoms with Crippen molar-refractivity contribution in [1.82, 2.24) is 20.0 Å². The lowest BCUT2D eigenvalue weighted by Gasteiger charge is -2.25. The number of nitrogens with zero attached hydrogens (tertiary/aromatic N) is 3. The van der Waals surface area contributed by atoms with E-state index < -0.39 is 5.60 Å². The number of carbonyl (C=O) groups is 1. The van der Waals surface area contributed by atoms with Crippen LogP contribution in [-0.4, -0.2) is 45.0 Å². The van der Waals surface area contributed by atoms with Gasteiger partial charge < -0.3 is 15.3 Å². The zero-order valence-corrected chi connectivity index (χ0v) is 11.7. The SMILES string of the molecule is Cc1c(CNC(=O)N(C)CC(C)(C)O)cnn1C. The largest absolute Gasteiger partial charge is 0.389 e. The Bertz CT molecular complexity index is 420. The van der Waals surface area contributed by atoms with Crippen LogP contribution in [0, 0.1) is 6.92 Å². The van der Waals surface area contributed by atoms with Crippen LogP contribution in [0.5, 0.6) is 0 Å². The number of carbonyl (C=O) groups excluding carboxylic acids is 1. The summed E-state index contributed by atoms with van der Waals surface area (Å²) in [7, 11) is 3.52. The Balaban J connectivity index is 2.49. The van der Waals surface area contributed by atoms with E-state index in [0.717, 1.165) is 11.3 Å². The first-order chi connectivity index (χ1) is 8.20. The van der Waals surface area contributed by atoms with E-state index in [2.05, 4.69) is 10.4 Å². The molecule has 0 atom stereocenters. The lowest BCUT2D eigenvalue weighted by Crippen LogP contribution is -2.44. The van der Waals surface area contributed by atoms with Crippen LogP contribution in [0.15, 0.2) is 6.20 Å². The topological polar surface area (TPSA) is 70.4 Å². The predicted molar refractivity (Wildman–Crippen MR) is 69.1 cm³/mol. The number of aryl methyl sites for hydroxylation is 1. The fourth-order valence-electron chi connectivity index (χ4n) is 1.68. The van der Waals surface area contributed by atoms with Crippen LogP contribution in [0.1, 0.15) is 25.1 Å². The van der Waals surface area contributed by atoms with Crippen molar-refractivity contribution in [2.45, 2.75) is 32.9 Å². The third kappa shape index (κ3) is 4.03. The Morgan fingerprint density at radius 3 is 2.67 bits per heavy atom. The molecule has 6 heteroatoms. The summed E-state index contributed by atoms with van der Waals surface area (Å²) in [6.07, 6.45) is 1.74. The smallest absolute Gasteiger partial charge is 0.317 e. The molecular weight excluding hydrogens is 232 g/mol. The minimum absolute atomic E-state index is 0.208. The Hall–Kier alpha value is -1.56. The third-order valence-corrected chi connectivity index (χ3v) is 2.74. The molecule has 0 aliphatic heterocycles. The van der Waals surface area contributed by atoms with Crippen molar-refractivity contribution in [3.05, 3.63) is 17.5 Å². The second-order valence-corrected chi connectivity index (χ2v) is 5.21. The Morgan fingerprint density at radius 1 is 1.61 bits per heavy atom. The molecule has 0 radical (unpaired) electrons. The lowest BCUT2D eigenvalue weighted by molar-refractivity contribution is 0.0531. The molecule has 6 nitrogen and oxygen atoms in total. The van der Waals surface area contributed by atoms with Crippen molar-refractivity contribution >= 4 is 6.03 Å². The minimum Gasteiger partial charge on any atom is -0.389 e. The molecule has 1 heterocycles. The first-order valence-electron chi connectivity index (χ1n) is 5.89. The van der Waals surface area contributed by atoms with Gasteiger partial charge in [-0.15, -0.1) is 0 Å². The van der Waals surface area contributed by atoms with Gasteiger partial charge in [0.05, 0.1) is 18.3 Å². The summed E-state index contributed by atoms with van der Waals surface area (Å²) in [5.41, 5.74) is 1.12. The molecule has 0 saturated carbocycles. The molecule has 0 fully saturated rings. The molecule has 0 aromatic carbocycles. The summed E-state index contributed by atoms with van der Waals surface area (Å²) in [4.78, 5) is 13.3. The highest BCUT2D eigenvalue weighted by Gasteiger charge is 2.19. The van der Waals surface area contributed by atoms with Gasteiger partial charge in [0, 0.05) is 31.9 Å². The van der Waals surface area contributed by atoms with Gasteiger partial charge in [-0.05, 0) is 20.8 Å². The maximum absolute atomic E-state index is 11.8. The van der Waals surface area contributed by atoms with Crippen molar-refractivity contribution in [1.29, 1.82) is 0 Å². The van der Waals surface area contributed by atoms with E-state index in [4.69, 9.17) is 0 Å². The number of likely N-dealkylation sites (N-methyl/N-ethyl adjacent to an activating group) is 1. The molecule has 0 bridgehead atoms. The number of hydrogen-bond acceptors (Lipinski definition) is 3. The summed E-state index contributed by atoms with van der Waals surface area (Å²) in [6.45, 7) is 6.01. The van der Waals surface area contributed by atoms with E-state index in [-0.39, 0.29) is 12.6 Å². The number of amides is 2. The molecule has 2 amide bonds. The number of hydrogen-bond donors (Lipinski definition) is 2. The van der Waals surface area contributed by atoms with Gasteiger partial charge in [-0.1, -0.05) is 0 Å². The Labute approximate surface area is 108 Å². The molecule has 0 aliphatic carbocycles. The standard InChI is InChI=1S/C12H22N4O2/c1-9-10(7-14-16(9)5)6-13-11(17)15(4)8-12(2,3)18/h7,18H,6,8H2,1-5H3,(H,13,17). The van der Waals surface area contributed by atoms with Gasteiger partial charge in [0.1, 0.15) is 0 Å².